The van der Waals surface area contributed by atoms with Crippen molar-refractivity contribution in [1.29, 1.82) is 0 Å². The lowest BCUT2D eigenvalue weighted by molar-refractivity contribution is 0.555. The minimum atomic E-state index is 1.13. The van der Waals surface area contributed by atoms with Crippen molar-refractivity contribution in [3.05, 3.63) is 18.2 Å². The van der Waals surface area contributed by atoms with E-state index in [4.69, 9.17) is 0 Å². The third-order valence-corrected chi connectivity index (χ3v) is 4.24. The second kappa shape index (κ2) is 12.9. The van der Waals surface area contributed by atoms with Crippen LogP contribution >= 0.6 is 0 Å². The molecule has 0 radical (unpaired) electrons. The van der Waals surface area contributed by atoms with Gasteiger partial charge in [0.15, 0.2) is 0 Å². The van der Waals surface area contributed by atoms with Crippen molar-refractivity contribution >= 4 is 0 Å². The third kappa shape index (κ3) is 9.71. The van der Waals surface area contributed by atoms with E-state index in [0.29, 0.717) is 0 Å². The quantitative estimate of drug-likeness (QED) is 0.376. The number of aryl methyl sites for hydroxylation is 2. The molecule has 1 heterocycles. The summed E-state index contributed by atoms with van der Waals surface area (Å²) in [7, 11) is 0. The highest BCUT2D eigenvalue weighted by Crippen LogP contribution is 2.12. The van der Waals surface area contributed by atoms with Gasteiger partial charge in [0.05, 0.1) is 12.0 Å². The molecule has 1 rings (SSSR count). The minimum Gasteiger partial charge on any atom is -0.337 e. The fourth-order valence-corrected chi connectivity index (χ4v) is 2.79. The number of aromatic nitrogens is 2. The van der Waals surface area contributed by atoms with E-state index in [9.17, 15) is 0 Å². The van der Waals surface area contributed by atoms with E-state index in [-0.39, 0.29) is 0 Å². The molecule has 2 nitrogen and oxygen atoms in total. The standard InChI is InChI=1S/C19H36N2/c1-3-5-7-8-9-10-11-12-13-14-15-19-17-21(18-20-19)16-6-4-2/h17-18H,3-16H2,1-2H3. The Morgan fingerprint density at radius 3 is 1.95 bits per heavy atom. The average molecular weight is 293 g/mol. The Bertz CT molecular complexity index is 330. The maximum atomic E-state index is 4.51. The predicted octanol–water partition coefficient (Wildman–Crippen LogP) is 6.15. The smallest absolute Gasteiger partial charge is 0.0949 e. The van der Waals surface area contributed by atoms with Gasteiger partial charge >= 0.3 is 0 Å². The summed E-state index contributed by atoms with van der Waals surface area (Å²) in [6.07, 6.45) is 22.0. The van der Waals surface area contributed by atoms with Crippen LogP contribution in [0.5, 0.6) is 0 Å². The summed E-state index contributed by atoms with van der Waals surface area (Å²) in [5, 5.41) is 0. The number of nitrogens with zero attached hydrogens (tertiary/aromatic N) is 2. The molecule has 0 unspecified atom stereocenters. The number of hydrogen-bond acceptors (Lipinski definition) is 1. The number of unbranched alkanes of at least 4 members (excludes halogenated alkanes) is 10. The van der Waals surface area contributed by atoms with Crippen LogP contribution in [0.2, 0.25) is 0 Å². The van der Waals surface area contributed by atoms with Crippen molar-refractivity contribution in [2.75, 3.05) is 0 Å². The summed E-state index contributed by atoms with van der Waals surface area (Å²) >= 11 is 0. The predicted molar refractivity (Wildman–Crippen MR) is 92.7 cm³/mol. The first kappa shape index (κ1) is 18.3. The highest BCUT2D eigenvalue weighted by atomic mass is 15.0. The Morgan fingerprint density at radius 2 is 1.33 bits per heavy atom. The minimum absolute atomic E-state index is 1.13. The molecule has 2 heteroatoms. The molecule has 0 saturated carbocycles. The Labute approximate surface area is 132 Å². The molecular weight excluding hydrogens is 256 g/mol. The lowest BCUT2D eigenvalue weighted by Crippen LogP contribution is -1.93. The van der Waals surface area contributed by atoms with Gasteiger partial charge in [0.25, 0.3) is 0 Å². The molecule has 122 valence electrons. The van der Waals surface area contributed by atoms with Crippen LogP contribution in [0.25, 0.3) is 0 Å². The van der Waals surface area contributed by atoms with Crippen LogP contribution in [-0.4, -0.2) is 9.55 Å². The molecule has 0 atom stereocenters. The van der Waals surface area contributed by atoms with Crippen LogP contribution in [0.15, 0.2) is 12.5 Å². The molecule has 0 fully saturated rings. The molecule has 1 aromatic heterocycles. The van der Waals surface area contributed by atoms with E-state index >= 15 is 0 Å². The van der Waals surface area contributed by atoms with Gasteiger partial charge in [0.2, 0.25) is 0 Å². The van der Waals surface area contributed by atoms with Crippen molar-refractivity contribution in [2.24, 2.45) is 0 Å². The lowest BCUT2D eigenvalue weighted by Gasteiger charge is -2.02. The van der Waals surface area contributed by atoms with Gasteiger partial charge in [-0.2, -0.15) is 0 Å². The van der Waals surface area contributed by atoms with Crippen LogP contribution in [0.1, 0.15) is 96.6 Å². The van der Waals surface area contributed by atoms with Crippen LogP contribution in [0.4, 0.5) is 0 Å². The first-order chi connectivity index (χ1) is 10.4. The molecule has 1 aromatic rings. The van der Waals surface area contributed by atoms with Gasteiger partial charge in [-0.15, -0.1) is 0 Å². The molecule has 0 amide bonds. The van der Waals surface area contributed by atoms with Gasteiger partial charge in [-0.25, -0.2) is 4.98 Å². The zero-order chi connectivity index (χ0) is 15.2. The van der Waals surface area contributed by atoms with E-state index in [2.05, 4.69) is 29.6 Å². The van der Waals surface area contributed by atoms with Crippen molar-refractivity contribution < 1.29 is 0 Å². The molecule has 0 aliphatic heterocycles. The molecule has 21 heavy (non-hydrogen) atoms. The van der Waals surface area contributed by atoms with Gasteiger partial charge in [0, 0.05) is 12.7 Å². The van der Waals surface area contributed by atoms with E-state index in [1.54, 1.807) is 0 Å². The molecular formula is C19H36N2. The van der Waals surface area contributed by atoms with Crippen molar-refractivity contribution in [2.45, 2.75) is 104 Å². The summed E-state index contributed by atoms with van der Waals surface area (Å²) in [5.41, 5.74) is 1.28. The van der Waals surface area contributed by atoms with Gasteiger partial charge in [-0.3, -0.25) is 0 Å². The third-order valence-electron chi connectivity index (χ3n) is 4.24. The topological polar surface area (TPSA) is 17.8 Å². The van der Waals surface area contributed by atoms with Crippen LogP contribution < -0.4 is 0 Å². The van der Waals surface area contributed by atoms with Crippen LogP contribution in [0.3, 0.4) is 0 Å². The van der Waals surface area contributed by atoms with Gasteiger partial charge in [-0.1, -0.05) is 78.1 Å². The Balaban J connectivity index is 1.91. The van der Waals surface area contributed by atoms with Crippen molar-refractivity contribution in [1.82, 2.24) is 9.55 Å². The maximum absolute atomic E-state index is 4.51. The number of imidazole rings is 1. The fourth-order valence-electron chi connectivity index (χ4n) is 2.79. The molecule has 0 spiro atoms. The second-order valence-electron chi connectivity index (χ2n) is 6.39. The monoisotopic (exact) mass is 292 g/mol. The number of hydrogen-bond donors (Lipinski definition) is 0. The highest BCUT2D eigenvalue weighted by molar-refractivity contribution is 4.96. The van der Waals surface area contributed by atoms with Crippen LogP contribution in [0, 0.1) is 0 Å². The van der Waals surface area contributed by atoms with Crippen molar-refractivity contribution in [3.63, 3.8) is 0 Å². The highest BCUT2D eigenvalue weighted by Gasteiger charge is 1.99. The second-order valence-corrected chi connectivity index (χ2v) is 6.39. The van der Waals surface area contributed by atoms with Crippen molar-refractivity contribution in [3.8, 4) is 0 Å². The summed E-state index contributed by atoms with van der Waals surface area (Å²) in [4.78, 5) is 4.51. The first-order valence-corrected chi connectivity index (χ1v) is 9.37. The van der Waals surface area contributed by atoms with Gasteiger partial charge < -0.3 is 4.57 Å². The van der Waals surface area contributed by atoms with Crippen LogP contribution in [-0.2, 0) is 13.0 Å². The largest absolute Gasteiger partial charge is 0.337 e. The Hall–Kier alpha value is -0.790. The van der Waals surface area contributed by atoms with E-state index < -0.39 is 0 Å². The zero-order valence-corrected chi connectivity index (χ0v) is 14.4. The maximum Gasteiger partial charge on any atom is 0.0949 e. The molecule has 0 aliphatic rings. The Morgan fingerprint density at radius 1 is 0.762 bits per heavy atom. The molecule has 0 aromatic carbocycles. The molecule has 0 aliphatic carbocycles. The molecule has 0 N–H and O–H groups in total. The van der Waals surface area contributed by atoms with Gasteiger partial charge in [-0.05, 0) is 19.3 Å². The lowest BCUT2D eigenvalue weighted by atomic mass is 10.1. The van der Waals surface area contributed by atoms with E-state index in [0.717, 1.165) is 13.0 Å². The fraction of sp³-hybridized carbons (Fsp3) is 0.842. The first-order valence-electron chi connectivity index (χ1n) is 9.37. The van der Waals surface area contributed by atoms with E-state index in [1.807, 2.05) is 6.33 Å². The summed E-state index contributed by atoms with van der Waals surface area (Å²) < 4.78 is 2.25. The average Bonchev–Trinajstić information content (AvgIpc) is 2.95. The molecule has 0 bridgehead atoms. The normalized spacial score (nSPS) is 11.1. The molecule has 0 saturated heterocycles. The summed E-state index contributed by atoms with van der Waals surface area (Å²) in [6, 6.07) is 0. The Kier molecular flexibility index (Phi) is 11.2. The van der Waals surface area contributed by atoms with Gasteiger partial charge in [0.1, 0.15) is 0 Å². The summed E-state index contributed by atoms with van der Waals surface area (Å²) in [5.74, 6) is 0. The van der Waals surface area contributed by atoms with E-state index in [1.165, 1.54) is 82.7 Å². The summed E-state index contributed by atoms with van der Waals surface area (Å²) in [6.45, 7) is 5.65. The SMILES string of the molecule is CCCCCCCCCCCCc1cn(CCCC)cn1. The number of rotatable bonds is 14. The zero-order valence-electron chi connectivity index (χ0n) is 14.4.